The molecule has 1 aliphatic rings. The average molecular weight is 259 g/mol. The van der Waals surface area contributed by atoms with E-state index in [1.54, 1.807) is 0 Å². The minimum absolute atomic E-state index is 0.120. The molecule has 1 aromatic carbocycles. The normalized spacial score (nSPS) is 17.6. The molecular formula is C16H21NO2. The van der Waals surface area contributed by atoms with Gasteiger partial charge >= 0.3 is 5.97 Å². The van der Waals surface area contributed by atoms with Crippen LogP contribution in [0.25, 0.3) is 0 Å². The molecule has 0 aliphatic carbocycles. The van der Waals surface area contributed by atoms with Gasteiger partial charge in [-0.25, -0.2) is 4.79 Å². The molecule has 0 saturated heterocycles. The molecule has 0 fully saturated rings. The highest BCUT2D eigenvalue weighted by atomic mass is 16.5. The highest BCUT2D eigenvalue weighted by Gasteiger charge is 2.19. The van der Waals surface area contributed by atoms with E-state index in [-0.39, 0.29) is 12.1 Å². The number of rotatable bonds is 6. The summed E-state index contributed by atoms with van der Waals surface area (Å²) in [6, 6.07) is 8.49. The van der Waals surface area contributed by atoms with Crippen molar-refractivity contribution in [2.45, 2.75) is 32.8 Å². The predicted molar refractivity (Wildman–Crippen MR) is 77.3 cm³/mol. The van der Waals surface area contributed by atoms with Crippen molar-refractivity contribution in [3.63, 3.8) is 0 Å². The van der Waals surface area contributed by atoms with E-state index in [1.165, 1.54) is 17.3 Å². The van der Waals surface area contributed by atoms with E-state index >= 15 is 0 Å². The van der Waals surface area contributed by atoms with Gasteiger partial charge in [0.1, 0.15) is 6.10 Å². The molecule has 0 aromatic heterocycles. The van der Waals surface area contributed by atoms with Crippen LogP contribution < -0.4 is 4.90 Å². The summed E-state index contributed by atoms with van der Waals surface area (Å²) < 4.78 is 5.23. The van der Waals surface area contributed by atoms with Crippen molar-refractivity contribution in [2.24, 2.45) is 0 Å². The Morgan fingerprint density at radius 3 is 2.58 bits per heavy atom. The molecule has 1 atom stereocenters. The molecule has 1 aliphatic heterocycles. The third-order valence-corrected chi connectivity index (χ3v) is 3.30. The fraction of sp³-hybridized carbons (Fsp3) is 0.438. The van der Waals surface area contributed by atoms with Gasteiger partial charge in [0.2, 0.25) is 0 Å². The van der Waals surface area contributed by atoms with E-state index in [4.69, 9.17) is 4.74 Å². The molecule has 0 N–H and O–H groups in total. The first kappa shape index (κ1) is 13.7. The molecule has 3 nitrogen and oxygen atoms in total. The lowest BCUT2D eigenvalue weighted by molar-refractivity contribution is -0.138. The van der Waals surface area contributed by atoms with Crippen molar-refractivity contribution >= 4 is 11.7 Å². The lowest BCUT2D eigenvalue weighted by Crippen LogP contribution is -2.33. The molecule has 3 heteroatoms. The van der Waals surface area contributed by atoms with Gasteiger partial charge in [-0.2, -0.15) is 0 Å². The second kappa shape index (κ2) is 6.41. The van der Waals surface area contributed by atoms with Gasteiger partial charge in [0, 0.05) is 18.3 Å². The Hall–Kier alpha value is -1.77. The van der Waals surface area contributed by atoms with Gasteiger partial charge in [0.25, 0.3) is 0 Å². The number of esters is 1. The number of unbranched alkanes of at least 4 members (excludes halogenated alkanes) is 1. The summed E-state index contributed by atoms with van der Waals surface area (Å²) in [5, 5.41) is 0. The maximum absolute atomic E-state index is 11.1. The Kier molecular flexibility index (Phi) is 4.61. The second-order valence-electron chi connectivity index (χ2n) is 4.97. The quantitative estimate of drug-likeness (QED) is 0.735. The number of carbonyl (C=O) groups is 1. The van der Waals surface area contributed by atoms with Gasteiger partial charge < -0.3 is 9.64 Å². The highest BCUT2D eigenvalue weighted by Crippen LogP contribution is 2.18. The molecular weight excluding hydrogens is 238 g/mol. The fourth-order valence-electron chi connectivity index (χ4n) is 2.16. The lowest BCUT2D eigenvalue weighted by Gasteiger charge is -2.27. The first-order valence-electron chi connectivity index (χ1n) is 6.89. The Morgan fingerprint density at radius 2 is 2.00 bits per heavy atom. The predicted octanol–water partition coefficient (Wildman–Crippen LogP) is 3.08. The largest absolute Gasteiger partial charge is 0.453 e. The Morgan fingerprint density at radius 1 is 1.26 bits per heavy atom. The summed E-state index contributed by atoms with van der Waals surface area (Å²) >= 11 is 0. The number of benzene rings is 1. The third-order valence-electron chi connectivity index (χ3n) is 3.30. The van der Waals surface area contributed by atoms with Crippen LogP contribution in [0.3, 0.4) is 0 Å². The average Bonchev–Trinajstić information content (AvgIpc) is 2.81. The van der Waals surface area contributed by atoms with E-state index in [1.807, 2.05) is 6.08 Å². The Bertz CT molecular complexity index is 450. The second-order valence-corrected chi connectivity index (χ2v) is 4.97. The van der Waals surface area contributed by atoms with Crippen molar-refractivity contribution < 1.29 is 9.53 Å². The van der Waals surface area contributed by atoms with Crippen LogP contribution >= 0.6 is 0 Å². The van der Waals surface area contributed by atoms with Crippen LogP contribution in [-0.4, -0.2) is 25.2 Å². The van der Waals surface area contributed by atoms with Crippen LogP contribution in [0, 0.1) is 6.92 Å². The zero-order valence-corrected chi connectivity index (χ0v) is 11.6. The summed E-state index contributed by atoms with van der Waals surface area (Å²) in [5.41, 5.74) is 2.45. The highest BCUT2D eigenvalue weighted by molar-refractivity contribution is 5.84. The van der Waals surface area contributed by atoms with Gasteiger partial charge in [-0.3, -0.25) is 0 Å². The van der Waals surface area contributed by atoms with Crippen molar-refractivity contribution in [2.75, 3.05) is 18.0 Å². The van der Waals surface area contributed by atoms with Crippen LogP contribution in [-0.2, 0) is 9.53 Å². The first-order chi connectivity index (χ1) is 9.19. The van der Waals surface area contributed by atoms with E-state index in [9.17, 15) is 4.79 Å². The van der Waals surface area contributed by atoms with E-state index < -0.39 is 0 Å². The van der Waals surface area contributed by atoms with E-state index in [0.717, 1.165) is 25.9 Å². The monoisotopic (exact) mass is 259 g/mol. The maximum Gasteiger partial charge on any atom is 0.331 e. The summed E-state index contributed by atoms with van der Waals surface area (Å²) in [5.74, 6) is -0.232. The molecule has 0 amide bonds. The molecule has 102 valence electrons. The van der Waals surface area contributed by atoms with Crippen LogP contribution in [0.4, 0.5) is 5.69 Å². The number of anilines is 1. The van der Waals surface area contributed by atoms with Crippen LogP contribution in [0.1, 0.15) is 25.3 Å². The zero-order valence-electron chi connectivity index (χ0n) is 11.6. The van der Waals surface area contributed by atoms with Crippen LogP contribution in [0.15, 0.2) is 36.4 Å². The SMILES string of the molecule is CCCCN(CC1C=CC(=O)O1)c1ccc(C)cc1. The van der Waals surface area contributed by atoms with Gasteiger partial charge in [0.05, 0.1) is 6.54 Å². The molecule has 0 spiro atoms. The Labute approximate surface area is 114 Å². The zero-order chi connectivity index (χ0) is 13.7. The number of hydrogen-bond acceptors (Lipinski definition) is 3. The third kappa shape index (κ3) is 3.85. The first-order valence-corrected chi connectivity index (χ1v) is 6.89. The maximum atomic E-state index is 11.1. The molecule has 1 aromatic rings. The van der Waals surface area contributed by atoms with Gasteiger partial charge in [0.15, 0.2) is 0 Å². The minimum atomic E-state index is -0.232. The van der Waals surface area contributed by atoms with Gasteiger partial charge in [-0.15, -0.1) is 0 Å². The van der Waals surface area contributed by atoms with Crippen molar-refractivity contribution in [3.8, 4) is 0 Å². The van der Waals surface area contributed by atoms with Crippen molar-refractivity contribution in [3.05, 3.63) is 42.0 Å². The summed E-state index contributed by atoms with van der Waals surface area (Å²) in [6.45, 7) is 5.98. The summed E-state index contributed by atoms with van der Waals surface area (Å²) in [6.07, 6.45) is 5.53. The molecule has 1 unspecified atom stereocenters. The topological polar surface area (TPSA) is 29.5 Å². The molecule has 0 saturated carbocycles. The van der Waals surface area contributed by atoms with Crippen molar-refractivity contribution in [1.29, 1.82) is 0 Å². The number of cyclic esters (lactones) is 1. The smallest absolute Gasteiger partial charge is 0.331 e. The Balaban J connectivity index is 2.04. The number of carbonyl (C=O) groups excluding carboxylic acids is 1. The number of hydrogen-bond donors (Lipinski definition) is 0. The molecule has 0 bridgehead atoms. The van der Waals surface area contributed by atoms with Gasteiger partial charge in [-0.05, 0) is 31.6 Å². The minimum Gasteiger partial charge on any atom is -0.453 e. The summed E-state index contributed by atoms with van der Waals surface area (Å²) in [7, 11) is 0. The van der Waals surface area contributed by atoms with Crippen LogP contribution in [0.2, 0.25) is 0 Å². The van der Waals surface area contributed by atoms with Crippen molar-refractivity contribution in [1.82, 2.24) is 0 Å². The van der Waals surface area contributed by atoms with E-state index in [0.29, 0.717) is 0 Å². The molecule has 2 rings (SSSR count). The van der Waals surface area contributed by atoms with Gasteiger partial charge in [-0.1, -0.05) is 31.0 Å². The molecule has 19 heavy (non-hydrogen) atoms. The standard InChI is InChI=1S/C16H21NO2/c1-3-4-11-17(12-15-9-10-16(18)19-15)14-7-5-13(2)6-8-14/h5-10,15H,3-4,11-12H2,1-2H3. The number of aryl methyl sites for hydroxylation is 1. The molecule has 1 heterocycles. The van der Waals surface area contributed by atoms with Crippen LogP contribution in [0.5, 0.6) is 0 Å². The number of ether oxygens (including phenoxy) is 1. The number of nitrogens with zero attached hydrogens (tertiary/aromatic N) is 1. The lowest BCUT2D eigenvalue weighted by atomic mass is 10.2. The van der Waals surface area contributed by atoms with E-state index in [2.05, 4.69) is 43.0 Å². The molecule has 0 radical (unpaired) electrons. The fourth-order valence-corrected chi connectivity index (χ4v) is 2.16. The summed E-state index contributed by atoms with van der Waals surface area (Å²) in [4.78, 5) is 13.4.